The Morgan fingerprint density at radius 3 is 2.07 bits per heavy atom. The molecule has 3 aromatic carbocycles. The molecule has 6 heteroatoms. The maximum absolute atomic E-state index is 13.2. The average Bonchev–Trinajstić information content (AvgIpc) is 2.77. The highest BCUT2D eigenvalue weighted by Crippen LogP contribution is 2.33. The van der Waals surface area contributed by atoms with Gasteiger partial charge in [-0.05, 0) is 30.7 Å². The molecule has 5 nitrogen and oxygen atoms in total. The van der Waals surface area contributed by atoms with Gasteiger partial charge < -0.3 is 4.90 Å². The molecule has 0 aliphatic carbocycles. The van der Waals surface area contributed by atoms with E-state index in [-0.39, 0.29) is 17.3 Å². The van der Waals surface area contributed by atoms with Crippen LogP contribution < -0.4 is 4.90 Å². The van der Waals surface area contributed by atoms with Crippen LogP contribution in [0.25, 0.3) is 11.1 Å². The molecule has 0 radical (unpaired) electrons. The van der Waals surface area contributed by atoms with E-state index in [0.29, 0.717) is 6.54 Å². The highest BCUT2D eigenvalue weighted by molar-refractivity contribution is 7.89. The van der Waals surface area contributed by atoms with Crippen molar-refractivity contribution in [1.82, 2.24) is 4.31 Å². The second kappa shape index (κ2) is 7.81. The minimum absolute atomic E-state index is 0.206. The quantitative estimate of drug-likeness (QED) is 0.663. The number of benzene rings is 3. The highest BCUT2D eigenvalue weighted by Gasteiger charge is 2.39. The lowest BCUT2D eigenvalue weighted by molar-refractivity contribution is -0.123. The summed E-state index contributed by atoms with van der Waals surface area (Å²) in [5.41, 5.74) is 2.77. The molecule has 1 amide bonds. The van der Waals surface area contributed by atoms with Gasteiger partial charge in [-0.3, -0.25) is 4.79 Å². The predicted octanol–water partition coefficient (Wildman–Crippen LogP) is 3.78. The van der Waals surface area contributed by atoms with E-state index in [2.05, 4.69) is 0 Å². The highest BCUT2D eigenvalue weighted by atomic mass is 32.2. The molecular formula is C23H22N2O3S. The third-order valence-corrected chi connectivity index (χ3v) is 7.21. The zero-order chi connectivity index (χ0) is 20.4. The SMILES string of the molecule is C[C@@H]1C(=O)N(c2ccccc2-c2ccccc2)CCN1S(=O)(=O)c1ccccc1. The Balaban J connectivity index is 1.66. The fourth-order valence-electron chi connectivity index (χ4n) is 3.72. The second-order valence-electron chi connectivity index (χ2n) is 6.98. The molecule has 0 saturated carbocycles. The summed E-state index contributed by atoms with van der Waals surface area (Å²) in [4.78, 5) is 15.1. The zero-order valence-corrected chi connectivity index (χ0v) is 16.9. The van der Waals surface area contributed by atoms with Gasteiger partial charge >= 0.3 is 0 Å². The molecule has 4 rings (SSSR count). The maximum Gasteiger partial charge on any atom is 0.245 e. The molecule has 0 spiro atoms. The van der Waals surface area contributed by atoms with Crippen molar-refractivity contribution in [3.8, 4) is 11.1 Å². The number of nitrogens with zero attached hydrogens (tertiary/aromatic N) is 2. The number of hydrogen-bond donors (Lipinski definition) is 0. The number of sulfonamides is 1. The van der Waals surface area contributed by atoms with Gasteiger partial charge in [0, 0.05) is 18.7 Å². The van der Waals surface area contributed by atoms with Crippen molar-refractivity contribution < 1.29 is 13.2 Å². The summed E-state index contributed by atoms with van der Waals surface area (Å²) in [5, 5.41) is 0. The number of para-hydroxylation sites is 1. The Bertz CT molecular complexity index is 1120. The molecule has 0 N–H and O–H groups in total. The van der Waals surface area contributed by atoms with Crippen LogP contribution in [0.4, 0.5) is 5.69 Å². The molecule has 1 heterocycles. The fraction of sp³-hybridized carbons (Fsp3) is 0.174. The van der Waals surface area contributed by atoms with Crippen LogP contribution in [0.1, 0.15) is 6.92 Å². The van der Waals surface area contributed by atoms with E-state index < -0.39 is 16.1 Å². The summed E-state index contributed by atoms with van der Waals surface area (Å²) in [6.45, 7) is 2.20. The van der Waals surface area contributed by atoms with Crippen LogP contribution in [-0.2, 0) is 14.8 Å². The third kappa shape index (κ3) is 3.57. The van der Waals surface area contributed by atoms with E-state index in [1.54, 1.807) is 42.2 Å². The van der Waals surface area contributed by atoms with Gasteiger partial charge in [0.25, 0.3) is 0 Å². The van der Waals surface area contributed by atoms with Gasteiger partial charge in [0.1, 0.15) is 6.04 Å². The topological polar surface area (TPSA) is 57.7 Å². The molecule has 1 atom stereocenters. The lowest BCUT2D eigenvalue weighted by atomic mass is 10.0. The first-order chi connectivity index (χ1) is 14.0. The monoisotopic (exact) mass is 406 g/mol. The minimum atomic E-state index is -3.73. The van der Waals surface area contributed by atoms with Gasteiger partial charge in [-0.2, -0.15) is 4.31 Å². The fourth-order valence-corrected chi connectivity index (χ4v) is 5.32. The molecule has 29 heavy (non-hydrogen) atoms. The first-order valence-corrected chi connectivity index (χ1v) is 11.0. The Hall–Kier alpha value is -2.96. The number of amides is 1. The van der Waals surface area contributed by atoms with Crippen molar-refractivity contribution in [1.29, 1.82) is 0 Å². The first kappa shape index (κ1) is 19.4. The first-order valence-electron chi connectivity index (χ1n) is 9.53. The molecule has 0 bridgehead atoms. The van der Waals surface area contributed by atoms with E-state index >= 15 is 0 Å². The Labute approximate surface area is 171 Å². The Morgan fingerprint density at radius 1 is 0.793 bits per heavy atom. The van der Waals surface area contributed by atoms with Crippen LogP contribution in [0.3, 0.4) is 0 Å². The normalized spacial score (nSPS) is 18.0. The molecule has 148 valence electrons. The summed E-state index contributed by atoms with van der Waals surface area (Å²) in [5.74, 6) is -0.223. The number of piperazine rings is 1. The molecule has 1 aliphatic heterocycles. The minimum Gasteiger partial charge on any atom is -0.309 e. The number of hydrogen-bond acceptors (Lipinski definition) is 3. The lowest BCUT2D eigenvalue weighted by Crippen LogP contribution is -2.57. The summed E-state index contributed by atoms with van der Waals surface area (Å²) < 4.78 is 27.4. The lowest BCUT2D eigenvalue weighted by Gasteiger charge is -2.38. The van der Waals surface area contributed by atoms with E-state index in [1.807, 2.05) is 54.6 Å². The summed E-state index contributed by atoms with van der Waals surface area (Å²) >= 11 is 0. The largest absolute Gasteiger partial charge is 0.309 e. The van der Waals surface area contributed by atoms with Crippen LogP contribution in [0.5, 0.6) is 0 Å². The molecule has 3 aromatic rings. The van der Waals surface area contributed by atoms with E-state index in [4.69, 9.17) is 0 Å². The Kier molecular flexibility index (Phi) is 5.22. The van der Waals surface area contributed by atoms with E-state index in [1.165, 1.54) is 4.31 Å². The number of rotatable bonds is 4. The van der Waals surface area contributed by atoms with Gasteiger partial charge in [0.05, 0.1) is 10.6 Å². The van der Waals surface area contributed by atoms with Gasteiger partial charge in [0.15, 0.2) is 0 Å². The van der Waals surface area contributed by atoms with Gasteiger partial charge in [-0.15, -0.1) is 0 Å². The van der Waals surface area contributed by atoms with E-state index in [9.17, 15) is 13.2 Å². The summed E-state index contributed by atoms with van der Waals surface area (Å²) in [7, 11) is -3.73. The second-order valence-corrected chi connectivity index (χ2v) is 8.87. The zero-order valence-electron chi connectivity index (χ0n) is 16.1. The molecule has 1 aliphatic rings. The van der Waals surface area contributed by atoms with Crippen molar-refractivity contribution in [3.05, 3.63) is 84.9 Å². The third-order valence-electron chi connectivity index (χ3n) is 5.23. The predicted molar refractivity (Wildman–Crippen MR) is 114 cm³/mol. The van der Waals surface area contributed by atoms with Gasteiger partial charge in [0.2, 0.25) is 15.9 Å². The van der Waals surface area contributed by atoms with E-state index in [0.717, 1.165) is 16.8 Å². The van der Waals surface area contributed by atoms with Crippen LogP contribution in [0.15, 0.2) is 89.8 Å². The van der Waals surface area contributed by atoms with Crippen molar-refractivity contribution in [3.63, 3.8) is 0 Å². The number of carbonyl (C=O) groups excluding carboxylic acids is 1. The standard InChI is InChI=1S/C23H22N2O3S/c1-18-23(26)24(16-17-25(18)29(27,28)20-12-6-3-7-13-20)22-15-9-8-14-21(22)19-10-4-2-5-11-19/h2-15,18H,16-17H2,1H3/t18-/m1/s1. The smallest absolute Gasteiger partial charge is 0.245 e. The molecule has 0 unspecified atom stereocenters. The number of carbonyl (C=O) groups is 1. The van der Waals surface area contributed by atoms with Crippen LogP contribution in [0, 0.1) is 0 Å². The Morgan fingerprint density at radius 2 is 1.38 bits per heavy atom. The van der Waals surface area contributed by atoms with Crippen molar-refractivity contribution in [2.45, 2.75) is 17.9 Å². The number of anilines is 1. The van der Waals surface area contributed by atoms with Crippen molar-refractivity contribution in [2.75, 3.05) is 18.0 Å². The van der Waals surface area contributed by atoms with Crippen LogP contribution >= 0.6 is 0 Å². The van der Waals surface area contributed by atoms with Crippen molar-refractivity contribution in [2.24, 2.45) is 0 Å². The average molecular weight is 407 g/mol. The molecule has 0 aromatic heterocycles. The van der Waals surface area contributed by atoms with Gasteiger partial charge in [-0.1, -0.05) is 66.7 Å². The molecule has 1 saturated heterocycles. The maximum atomic E-state index is 13.2. The summed E-state index contributed by atoms with van der Waals surface area (Å²) in [6.07, 6.45) is 0. The molecular weight excluding hydrogens is 384 g/mol. The van der Waals surface area contributed by atoms with Crippen LogP contribution in [-0.4, -0.2) is 37.8 Å². The van der Waals surface area contributed by atoms with Crippen LogP contribution in [0.2, 0.25) is 0 Å². The van der Waals surface area contributed by atoms with Gasteiger partial charge in [-0.25, -0.2) is 8.42 Å². The summed E-state index contributed by atoms with van der Waals surface area (Å²) in [6, 6.07) is 25.1. The molecule has 1 fully saturated rings. The van der Waals surface area contributed by atoms with Crippen molar-refractivity contribution >= 4 is 21.6 Å².